The third-order valence-electron chi connectivity index (χ3n) is 3.55. The van der Waals surface area contributed by atoms with Gasteiger partial charge in [-0.25, -0.2) is 12.7 Å². The van der Waals surface area contributed by atoms with Gasteiger partial charge in [0.15, 0.2) is 5.96 Å². The van der Waals surface area contributed by atoms with Gasteiger partial charge in [-0.05, 0) is 38.0 Å². The van der Waals surface area contributed by atoms with E-state index < -0.39 is 10.0 Å². The van der Waals surface area contributed by atoms with Gasteiger partial charge in [-0.2, -0.15) is 0 Å². The first-order chi connectivity index (χ1) is 11.2. The van der Waals surface area contributed by atoms with E-state index in [2.05, 4.69) is 10.3 Å². The summed E-state index contributed by atoms with van der Waals surface area (Å²) in [7, 11) is -1.59. The minimum absolute atomic E-state index is 0.0931. The molecule has 6 nitrogen and oxygen atoms in total. The molecule has 0 aliphatic rings. The smallest absolute Gasteiger partial charge is 0.213 e. The number of guanidine groups is 1. The lowest BCUT2D eigenvalue weighted by atomic mass is 10.1. The molecule has 3 N–H and O–H groups in total. The molecule has 0 saturated carbocycles. The van der Waals surface area contributed by atoms with Crippen molar-refractivity contribution in [2.24, 2.45) is 10.7 Å². The molecule has 24 heavy (non-hydrogen) atoms. The number of hydrogen-bond donors (Lipinski definition) is 2. The molecule has 1 aromatic carbocycles. The Kier molecular flexibility index (Phi) is 8.29. The van der Waals surface area contributed by atoms with Crippen molar-refractivity contribution in [2.75, 3.05) is 25.9 Å². The van der Waals surface area contributed by atoms with Gasteiger partial charge in [0.05, 0.1) is 11.8 Å². The van der Waals surface area contributed by atoms with Crippen LogP contribution in [-0.4, -0.2) is 44.6 Å². The van der Waals surface area contributed by atoms with Crippen LogP contribution in [0.25, 0.3) is 0 Å². The fourth-order valence-electron chi connectivity index (χ4n) is 2.05. The van der Waals surface area contributed by atoms with Gasteiger partial charge in [-0.1, -0.05) is 29.3 Å². The number of aliphatic imine (C=N–C) groups is 1. The van der Waals surface area contributed by atoms with Crippen LogP contribution in [0, 0.1) is 0 Å². The molecule has 0 aliphatic heterocycles. The van der Waals surface area contributed by atoms with Gasteiger partial charge in [-0.15, -0.1) is 0 Å². The second kappa shape index (κ2) is 9.46. The van der Waals surface area contributed by atoms with Crippen molar-refractivity contribution >= 4 is 39.2 Å². The highest BCUT2D eigenvalue weighted by Crippen LogP contribution is 2.25. The zero-order valence-electron chi connectivity index (χ0n) is 14.1. The number of halogens is 2. The number of nitrogens with zero attached hydrogens (tertiary/aromatic N) is 2. The molecule has 1 rings (SSSR count). The monoisotopic (exact) mass is 394 g/mol. The number of benzene rings is 1. The van der Waals surface area contributed by atoms with E-state index in [1.807, 2.05) is 13.0 Å². The van der Waals surface area contributed by atoms with E-state index in [4.69, 9.17) is 28.9 Å². The maximum atomic E-state index is 11.6. The number of hydrogen-bond acceptors (Lipinski definition) is 3. The van der Waals surface area contributed by atoms with Gasteiger partial charge < -0.3 is 11.1 Å². The Morgan fingerprint density at radius 3 is 2.67 bits per heavy atom. The van der Waals surface area contributed by atoms with Crippen LogP contribution in [0.15, 0.2) is 23.2 Å². The SMILES string of the molecule is CCS(=O)(=O)N(C)CCCN=C(N)NC(C)c1ccc(Cl)cc1Cl. The highest BCUT2D eigenvalue weighted by molar-refractivity contribution is 7.89. The minimum atomic E-state index is -3.15. The molecule has 0 bridgehead atoms. The highest BCUT2D eigenvalue weighted by atomic mass is 35.5. The van der Waals surface area contributed by atoms with E-state index in [0.717, 1.165) is 5.56 Å². The summed E-state index contributed by atoms with van der Waals surface area (Å²) < 4.78 is 24.6. The second-order valence-electron chi connectivity index (χ2n) is 5.37. The molecule has 1 aromatic rings. The summed E-state index contributed by atoms with van der Waals surface area (Å²) >= 11 is 12.0. The molecule has 136 valence electrons. The van der Waals surface area contributed by atoms with Crippen LogP contribution in [0.3, 0.4) is 0 Å². The van der Waals surface area contributed by atoms with Crippen LogP contribution in [0.4, 0.5) is 0 Å². The second-order valence-corrected chi connectivity index (χ2v) is 8.58. The van der Waals surface area contributed by atoms with Crippen LogP contribution in [-0.2, 0) is 10.0 Å². The van der Waals surface area contributed by atoms with Crippen LogP contribution in [0.2, 0.25) is 10.0 Å². The lowest BCUT2D eigenvalue weighted by Crippen LogP contribution is -2.34. The van der Waals surface area contributed by atoms with Crippen molar-refractivity contribution in [1.29, 1.82) is 0 Å². The fraction of sp³-hybridized carbons (Fsp3) is 0.533. The Bertz CT molecular complexity index is 680. The first-order valence-electron chi connectivity index (χ1n) is 7.62. The molecular weight excluding hydrogens is 371 g/mol. The van der Waals surface area contributed by atoms with Crippen molar-refractivity contribution in [3.63, 3.8) is 0 Å². The van der Waals surface area contributed by atoms with Crippen molar-refractivity contribution in [2.45, 2.75) is 26.3 Å². The fourth-order valence-corrected chi connectivity index (χ4v) is 3.47. The number of nitrogens with one attached hydrogen (secondary N) is 1. The van der Waals surface area contributed by atoms with Gasteiger partial charge >= 0.3 is 0 Å². The Hall–Kier alpha value is -1.02. The quantitative estimate of drug-likeness (QED) is 0.402. The molecule has 0 saturated heterocycles. The van der Waals surface area contributed by atoms with E-state index in [0.29, 0.717) is 29.6 Å². The van der Waals surface area contributed by atoms with Crippen LogP contribution in [0.1, 0.15) is 31.9 Å². The van der Waals surface area contributed by atoms with Crippen LogP contribution >= 0.6 is 23.2 Å². The van der Waals surface area contributed by atoms with Crippen LogP contribution < -0.4 is 11.1 Å². The first kappa shape index (κ1) is 21.0. The first-order valence-corrected chi connectivity index (χ1v) is 9.99. The summed E-state index contributed by atoms with van der Waals surface area (Å²) in [6.07, 6.45) is 0.591. The van der Waals surface area contributed by atoms with E-state index in [1.165, 1.54) is 4.31 Å². The predicted molar refractivity (Wildman–Crippen MR) is 101 cm³/mol. The molecular formula is C15H24Cl2N4O2S. The largest absolute Gasteiger partial charge is 0.370 e. The molecule has 0 spiro atoms. The minimum Gasteiger partial charge on any atom is -0.370 e. The molecule has 1 unspecified atom stereocenters. The maximum Gasteiger partial charge on any atom is 0.213 e. The summed E-state index contributed by atoms with van der Waals surface area (Å²) in [4.78, 5) is 4.21. The highest BCUT2D eigenvalue weighted by Gasteiger charge is 2.14. The third kappa shape index (κ3) is 6.47. The molecule has 0 heterocycles. The molecule has 9 heteroatoms. The lowest BCUT2D eigenvalue weighted by molar-refractivity contribution is 0.465. The Morgan fingerprint density at radius 2 is 2.08 bits per heavy atom. The molecule has 0 radical (unpaired) electrons. The normalized spacial score (nSPS) is 14.0. The number of rotatable bonds is 8. The van der Waals surface area contributed by atoms with E-state index in [9.17, 15) is 8.42 Å². The molecule has 0 aromatic heterocycles. The maximum absolute atomic E-state index is 11.6. The van der Waals surface area contributed by atoms with E-state index in [1.54, 1.807) is 26.1 Å². The predicted octanol–water partition coefficient (Wildman–Crippen LogP) is 2.63. The van der Waals surface area contributed by atoms with Crippen molar-refractivity contribution in [3.8, 4) is 0 Å². The average molecular weight is 395 g/mol. The summed E-state index contributed by atoms with van der Waals surface area (Å²) in [5, 5.41) is 4.18. The standard InChI is InChI=1S/C15H24Cl2N4O2S/c1-4-24(22,23)21(3)9-5-8-19-15(18)20-11(2)13-7-6-12(16)10-14(13)17/h6-7,10-11H,4-5,8-9H2,1-3H3,(H3,18,19,20). The Balaban J connectivity index is 2.50. The topological polar surface area (TPSA) is 87.8 Å². The zero-order valence-corrected chi connectivity index (χ0v) is 16.4. The lowest BCUT2D eigenvalue weighted by Gasteiger charge is -2.17. The van der Waals surface area contributed by atoms with Gasteiger partial charge in [0.1, 0.15) is 0 Å². The van der Waals surface area contributed by atoms with Gasteiger partial charge in [0, 0.05) is 30.2 Å². The van der Waals surface area contributed by atoms with Crippen LogP contribution in [0.5, 0.6) is 0 Å². The Labute approximate surface area is 154 Å². The number of sulfonamides is 1. The molecule has 1 atom stereocenters. The van der Waals surface area contributed by atoms with Crippen molar-refractivity contribution < 1.29 is 8.42 Å². The third-order valence-corrected chi connectivity index (χ3v) is 5.97. The zero-order chi connectivity index (χ0) is 18.3. The van der Waals surface area contributed by atoms with Gasteiger partial charge in [0.2, 0.25) is 10.0 Å². The molecule has 0 amide bonds. The van der Waals surface area contributed by atoms with Crippen molar-refractivity contribution in [1.82, 2.24) is 9.62 Å². The Morgan fingerprint density at radius 1 is 1.42 bits per heavy atom. The summed E-state index contributed by atoms with van der Waals surface area (Å²) in [5.74, 6) is 0.380. The van der Waals surface area contributed by atoms with E-state index in [-0.39, 0.29) is 17.8 Å². The molecule has 0 aliphatic carbocycles. The van der Waals surface area contributed by atoms with Gasteiger partial charge in [0.25, 0.3) is 0 Å². The molecule has 0 fully saturated rings. The van der Waals surface area contributed by atoms with Crippen molar-refractivity contribution in [3.05, 3.63) is 33.8 Å². The van der Waals surface area contributed by atoms with E-state index >= 15 is 0 Å². The summed E-state index contributed by atoms with van der Waals surface area (Å²) in [5.41, 5.74) is 6.73. The average Bonchev–Trinajstić information content (AvgIpc) is 2.50. The van der Waals surface area contributed by atoms with Gasteiger partial charge in [-0.3, -0.25) is 4.99 Å². The number of nitrogens with two attached hydrogens (primary N) is 1. The summed E-state index contributed by atoms with van der Waals surface area (Å²) in [6.45, 7) is 4.38. The summed E-state index contributed by atoms with van der Waals surface area (Å²) in [6, 6.07) is 5.15.